The fourth-order valence-electron chi connectivity index (χ4n) is 3.57. The third-order valence-electron chi connectivity index (χ3n) is 4.87. The van der Waals surface area contributed by atoms with Crippen LogP contribution in [0, 0.1) is 11.6 Å². The Kier molecular flexibility index (Phi) is 3.54. The summed E-state index contributed by atoms with van der Waals surface area (Å²) in [6.45, 7) is 0.721. The van der Waals surface area contributed by atoms with E-state index in [1.807, 2.05) is 0 Å². The maximum atomic E-state index is 15.3. The minimum atomic E-state index is -1.31. The number of aromatic carboxylic acids is 1. The zero-order valence-corrected chi connectivity index (χ0v) is 13.3. The Morgan fingerprint density at radius 3 is 2.52 bits per heavy atom. The number of rotatable bonds is 3. The molecular formula is C17H17F2N3O3. The third-order valence-corrected chi connectivity index (χ3v) is 4.87. The van der Waals surface area contributed by atoms with Gasteiger partial charge in [-0.25, -0.2) is 13.6 Å². The molecule has 1 aliphatic carbocycles. The van der Waals surface area contributed by atoms with E-state index in [1.54, 1.807) is 0 Å². The van der Waals surface area contributed by atoms with Crippen LogP contribution in [0.5, 0.6) is 0 Å². The lowest BCUT2D eigenvalue weighted by Crippen LogP contribution is -2.28. The molecule has 1 unspecified atom stereocenters. The molecule has 3 N–H and O–H groups in total. The van der Waals surface area contributed by atoms with Crippen LogP contribution in [0.4, 0.5) is 14.5 Å². The molecule has 2 fully saturated rings. The van der Waals surface area contributed by atoms with Crippen molar-refractivity contribution >= 4 is 22.6 Å². The van der Waals surface area contributed by atoms with Crippen molar-refractivity contribution in [3.63, 3.8) is 0 Å². The number of aromatic nitrogens is 1. The molecule has 0 bridgehead atoms. The van der Waals surface area contributed by atoms with Crippen molar-refractivity contribution in [3.8, 4) is 0 Å². The number of benzene rings is 1. The zero-order chi connectivity index (χ0) is 17.9. The number of nitrogens with two attached hydrogens (primary N) is 1. The van der Waals surface area contributed by atoms with Crippen LogP contribution in [0.25, 0.3) is 10.9 Å². The molecule has 132 valence electrons. The van der Waals surface area contributed by atoms with Crippen LogP contribution < -0.4 is 16.1 Å². The number of carboxylic acids is 1. The van der Waals surface area contributed by atoms with Gasteiger partial charge in [0.25, 0.3) is 0 Å². The number of hydrogen-bond acceptors (Lipinski definition) is 4. The number of anilines is 1. The van der Waals surface area contributed by atoms with Crippen molar-refractivity contribution < 1.29 is 18.7 Å². The second kappa shape index (κ2) is 5.52. The van der Waals surface area contributed by atoms with Gasteiger partial charge in [-0.05, 0) is 25.3 Å². The minimum Gasteiger partial charge on any atom is -0.477 e. The SMILES string of the molecule is NC1CCN(c2c(F)cc3c(=O)cc(C(=O)O)n(C4CC4)c3c2F)C1. The van der Waals surface area contributed by atoms with Gasteiger partial charge in [-0.1, -0.05) is 0 Å². The molecule has 1 aromatic heterocycles. The van der Waals surface area contributed by atoms with Gasteiger partial charge in [0.1, 0.15) is 17.2 Å². The first-order chi connectivity index (χ1) is 11.9. The van der Waals surface area contributed by atoms with E-state index >= 15 is 4.39 Å². The van der Waals surface area contributed by atoms with Gasteiger partial charge in [0.05, 0.1) is 10.9 Å². The number of carbonyl (C=O) groups is 1. The minimum absolute atomic E-state index is 0.135. The molecule has 0 amide bonds. The van der Waals surface area contributed by atoms with Crippen molar-refractivity contribution in [2.24, 2.45) is 5.73 Å². The van der Waals surface area contributed by atoms with Gasteiger partial charge in [-0.3, -0.25) is 4.79 Å². The summed E-state index contributed by atoms with van der Waals surface area (Å²) in [6, 6.07) is 1.57. The Morgan fingerprint density at radius 2 is 1.96 bits per heavy atom. The van der Waals surface area contributed by atoms with Gasteiger partial charge < -0.3 is 20.3 Å². The second-order valence-electron chi connectivity index (χ2n) is 6.71. The molecule has 4 rings (SSSR count). The van der Waals surface area contributed by atoms with E-state index in [0.717, 1.165) is 12.1 Å². The molecule has 2 aliphatic rings. The first kappa shape index (κ1) is 16.0. The van der Waals surface area contributed by atoms with E-state index in [0.29, 0.717) is 32.4 Å². The number of pyridine rings is 1. The summed E-state index contributed by atoms with van der Waals surface area (Å²) in [6.07, 6.45) is 2.00. The molecule has 2 aromatic rings. The molecule has 1 atom stereocenters. The summed E-state index contributed by atoms with van der Waals surface area (Å²) < 4.78 is 31.2. The lowest BCUT2D eigenvalue weighted by atomic mass is 10.1. The first-order valence-corrected chi connectivity index (χ1v) is 8.19. The molecule has 25 heavy (non-hydrogen) atoms. The average molecular weight is 349 g/mol. The lowest BCUT2D eigenvalue weighted by molar-refractivity contribution is 0.0684. The van der Waals surface area contributed by atoms with Crippen molar-refractivity contribution in [1.29, 1.82) is 0 Å². The maximum Gasteiger partial charge on any atom is 0.352 e. The Hall–Kier alpha value is -2.48. The Morgan fingerprint density at radius 1 is 1.24 bits per heavy atom. The van der Waals surface area contributed by atoms with Crippen LogP contribution in [-0.2, 0) is 0 Å². The highest BCUT2D eigenvalue weighted by molar-refractivity contribution is 5.92. The highest BCUT2D eigenvalue weighted by Gasteiger charge is 2.33. The highest BCUT2D eigenvalue weighted by atomic mass is 19.1. The smallest absolute Gasteiger partial charge is 0.352 e. The number of nitrogens with zero attached hydrogens (tertiary/aromatic N) is 2. The molecule has 1 saturated carbocycles. The topological polar surface area (TPSA) is 88.6 Å². The number of hydrogen-bond donors (Lipinski definition) is 2. The quantitative estimate of drug-likeness (QED) is 0.883. The normalized spacial score (nSPS) is 20.4. The van der Waals surface area contributed by atoms with Crippen LogP contribution in [0.2, 0.25) is 0 Å². The highest BCUT2D eigenvalue weighted by Crippen LogP contribution is 2.40. The Bertz CT molecular complexity index is 953. The van der Waals surface area contributed by atoms with Crippen molar-refractivity contribution in [2.75, 3.05) is 18.0 Å². The third kappa shape index (κ3) is 2.48. The molecule has 0 spiro atoms. The Labute approximate surface area is 141 Å². The molecule has 1 aliphatic heterocycles. The van der Waals surface area contributed by atoms with E-state index in [2.05, 4.69) is 0 Å². The van der Waals surface area contributed by atoms with E-state index in [1.165, 1.54) is 9.47 Å². The number of halogens is 2. The largest absolute Gasteiger partial charge is 0.477 e. The molecule has 1 aromatic carbocycles. The van der Waals surface area contributed by atoms with Gasteiger partial charge in [0, 0.05) is 31.2 Å². The molecule has 1 saturated heterocycles. The summed E-state index contributed by atoms with van der Waals surface area (Å²) in [5.41, 5.74) is 4.49. The van der Waals surface area contributed by atoms with Crippen molar-refractivity contribution in [3.05, 3.63) is 39.7 Å². The maximum absolute atomic E-state index is 15.3. The van der Waals surface area contributed by atoms with Gasteiger partial charge in [0.2, 0.25) is 0 Å². The predicted octanol–water partition coefficient (Wildman–Crippen LogP) is 1.85. The first-order valence-electron chi connectivity index (χ1n) is 8.19. The van der Waals surface area contributed by atoms with Crippen molar-refractivity contribution in [2.45, 2.75) is 31.3 Å². The molecule has 0 radical (unpaired) electrons. The fourth-order valence-corrected chi connectivity index (χ4v) is 3.57. The summed E-state index contributed by atoms with van der Waals surface area (Å²) in [4.78, 5) is 25.3. The summed E-state index contributed by atoms with van der Waals surface area (Å²) >= 11 is 0. The van der Waals surface area contributed by atoms with Crippen LogP contribution in [-0.4, -0.2) is 34.8 Å². The Balaban J connectivity index is 2.06. The van der Waals surface area contributed by atoms with Crippen LogP contribution >= 0.6 is 0 Å². The molecule has 2 heterocycles. The van der Waals surface area contributed by atoms with Gasteiger partial charge in [0.15, 0.2) is 11.2 Å². The summed E-state index contributed by atoms with van der Waals surface area (Å²) in [5, 5.41) is 9.26. The summed E-state index contributed by atoms with van der Waals surface area (Å²) in [7, 11) is 0. The zero-order valence-electron chi connectivity index (χ0n) is 13.3. The van der Waals surface area contributed by atoms with Crippen LogP contribution in [0.3, 0.4) is 0 Å². The standard InChI is InChI=1S/C17H17F2N3O3/c18-11-5-10-13(23)6-12(17(24)25)22(9-1-2-9)15(10)14(19)16(11)21-4-3-8(20)7-21/h5-6,8-9H,1-4,7,20H2,(H,24,25). The van der Waals surface area contributed by atoms with E-state index in [4.69, 9.17) is 5.73 Å². The summed E-state index contributed by atoms with van der Waals surface area (Å²) in [5.74, 6) is -3.03. The second-order valence-corrected chi connectivity index (χ2v) is 6.71. The molecule has 6 nitrogen and oxygen atoms in total. The van der Waals surface area contributed by atoms with E-state index < -0.39 is 23.0 Å². The lowest BCUT2D eigenvalue weighted by Gasteiger charge is -2.22. The van der Waals surface area contributed by atoms with Gasteiger partial charge in [-0.2, -0.15) is 0 Å². The average Bonchev–Trinajstić information content (AvgIpc) is 3.30. The van der Waals surface area contributed by atoms with E-state index in [-0.39, 0.29) is 34.4 Å². The number of fused-ring (bicyclic) bond motifs is 1. The van der Waals surface area contributed by atoms with E-state index in [9.17, 15) is 19.1 Å². The molecule has 8 heteroatoms. The number of carboxylic acid groups (broad SMARTS) is 1. The van der Waals surface area contributed by atoms with Gasteiger partial charge >= 0.3 is 5.97 Å². The fraction of sp³-hybridized carbons (Fsp3) is 0.412. The monoisotopic (exact) mass is 349 g/mol. The van der Waals surface area contributed by atoms with Gasteiger partial charge in [-0.15, -0.1) is 0 Å². The predicted molar refractivity (Wildman–Crippen MR) is 88.2 cm³/mol. The van der Waals surface area contributed by atoms with Crippen LogP contribution in [0.1, 0.15) is 35.8 Å². The molecular weight excluding hydrogens is 332 g/mol. The van der Waals surface area contributed by atoms with Crippen molar-refractivity contribution in [1.82, 2.24) is 4.57 Å². The van der Waals surface area contributed by atoms with Crippen LogP contribution in [0.15, 0.2) is 16.9 Å².